The van der Waals surface area contributed by atoms with Crippen LogP contribution in [0.4, 0.5) is 5.69 Å². The van der Waals surface area contributed by atoms with E-state index in [1.54, 1.807) is 0 Å². The Morgan fingerprint density at radius 1 is 1.14 bits per heavy atom. The lowest BCUT2D eigenvalue weighted by Gasteiger charge is -2.16. The number of aromatic hydroxyl groups is 1. The first-order valence-electron chi connectivity index (χ1n) is 6.26. The number of carbonyl (C=O) groups is 1. The molecule has 114 valence electrons. The molecule has 0 aliphatic carbocycles. The molecule has 0 fully saturated rings. The molecule has 2 aromatic carbocycles. The molecule has 5 nitrogen and oxygen atoms in total. The number of Topliss-reactive ketones (excluding diaryl/α,β-unsaturated/α-hetero) is 1. The molecule has 22 heavy (non-hydrogen) atoms. The molecule has 0 saturated carbocycles. The van der Waals surface area contributed by atoms with Gasteiger partial charge in [0.15, 0.2) is 11.5 Å². The van der Waals surface area contributed by atoms with Gasteiger partial charge in [0.05, 0.1) is 14.6 Å². The maximum atomic E-state index is 12.5. The van der Waals surface area contributed by atoms with Gasteiger partial charge in [0.2, 0.25) is 0 Å². The summed E-state index contributed by atoms with van der Waals surface area (Å²) in [5.74, 6) is -0.778. The van der Waals surface area contributed by atoms with E-state index in [9.17, 15) is 20.0 Å². The quantitative estimate of drug-likeness (QED) is 0.331. The molecule has 0 spiro atoms. The van der Waals surface area contributed by atoms with E-state index in [-0.39, 0.29) is 16.2 Å². The summed E-state index contributed by atoms with van der Waals surface area (Å²) < 4.78 is 0. The third-order valence-electron chi connectivity index (χ3n) is 3.08. The first kappa shape index (κ1) is 16.6. The lowest BCUT2D eigenvalue weighted by molar-refractivity contribution is -0.385. The average molecular weight is 429 g/mol. The Kier molecular flexibility index (Phi) is 5.31. The van der Waals surface area contributed by atoms with E-state index in [2.05, 4.69) is 31.9 Å². The van der Waals surface area contributed by atoms with Crippen LogP contribution in [0.5, 0.6) is 5.75 Å². The number of phenols is 1. The summed E-state index contributed by atoms with van der Waals surface area (Å²) in [5.41, 5.74) is 0.578. The van der Waals surface area contributed by atoms with E-state index in [0.29, 0.717) is 0 Å². The van der Waals surface area contributed by atoms with Gasteiger partial charge in [-0.3, -0.25) is 14.9 Å². The second-order valence-electron chi connectivity index (χ2n) is 4.54. The van der Waals surface area contributed by atoms with Gasteiger partial charge in [-0.1, -0.05) is 62.2 Å². The molecule has 2 atom stereocenters. The van der Waals surface area contributed by atoms with Crippen LogP contribution in [-0.4, -0.2) is 20.6 Å². The second-order valence-corrected chi connectivity index (χ2v) is 6.51. The fourth-order valence-electron chi connectivity index (χ4n) is 1.92. The van der Waals surface area contributed by atoms with Crippen LogP contribution in [0, 0.1) is 10.1 Å². The number of carbonyl (C=O) groups excluding carboxylic acids is 1. The van der Waals surface area contributed by atoms with Crippen LogP contribution in [-0.2, 0) is 0 Å². The fraction of sp³-hybridized carbons (Fsp3) is 0.133. The molecule has 2 rings (SSSR count). The van der Waals surface area contributed by atoms with E-state index < -0.39 is 21.2 Å². The molecule has 2 aromatic rings. The summed E-state index contributed by atoms with van der Waals surface area (Å²) in [6, 6.07) is 12.9. The zero-order valence-corrected chi connectivity index (χ0v) is 14.3. The van der Waals surface area contributed by atoms with Crippen molar-refractivity contribution in [2.24, 2.45) is 0 Å². The smallest absolute Gasteiger partial charge is 0.311 e. The highest BCUT2D eigenvalue weighted by atomic mass is 79.9. The molecule has 2 unspecified atom stereocenters. The summed E-state index contributed by atoms with van der Waals surface area (Å²) >= 11 is 6.79. The lowest BCUT2D eigenvalue weighted by atomic mass is 10.0. The number of ketones is 1. The highest BCUT2D eigenvalue weighted by Gasteiger charge is 2.27. The maximum absolute atomic E-state index is 12.5. The van der Waals surface area contributed by atoms with Gasteiger partial charge in [0.1, 0.15) is 0 Å². The number of rotatable bonds is 5. The third kappa shape index (κ3) is 3.53. The van der Waals surface area contributed by atoms with Crippen LogP contribution >= 0.6 is 31.9 Å². The Morgan fingerprint density at radius 3 is 2.36 bits per heavy atom. The van der Waals surface area contributed by atoms with Gasteiger partial charge < -0.3 is 5.11 Å². The molecular formula is C15H11Br2NO4. The Labute approximate surface area is 143 Å². The Hall–Kier alpha value is -1.73. The molecule has 0 saturated heterocycles. The van der Waals surface area contributed by atoms with Crippen molar-refractivity contribution in [2.75, 3.05) is 0 Å². The molecule has 7 heteroatoms. The van der Waals surface area contributed by atoms with Crippen molar-refractivity contribution in [3.8, 4) is 5.75 Å². The molecule has 0 bridgehead atoms. The minimum absolute atomic E-state index is 0.159. The van der Waals surface area contributed by atoms with Gasteiger partial charge in [-0.15, -0.1) is 0 Å². The summed E-state index contributed by atoms with van der Waals surface area (Å²) in [5, 5.41) is 20.3. The van der Waals surface area contributed by atoms with Crippen LogP contribution in [0.25, 0.3) is 0 Å². The molecular weight excluding hydrogens is 418 g/mol. The topological polar surface area (TPSA) is 80.4 Å². The largest absolute Gasteiger partial charge is 0.502 e. The molecule has 0 radical (unpaired) electrons. The zero-order chi connectivity index (χ0) is 16.3. The fourth-order valence-corrected chi connectivity index (χ4v) is 3.04. The monoisotopic (exact) mass is 427 g/mol. The first-order valence-corrected chi connectivity index (χ1v) is 8.09. The number of phenolic OH excluding ortho intramolecular Hbond substituents is 1. The molecule has 0 heterocycles. The van der Waals surface area contributed by atoms with Crippen molar-refractivity contribution in [1.29, 1.82) is 0 Å². The maximum Gasteiger partial charge on any atom is 0.311 e. The van der Waals surface area contributed by atoms with E-state index >= 15 is 0 Å². The van der Waals surface area contributed by atoms with Gasteiger partial charge in [-0.25, -0.2) is 0 Å². The minimum Gasteiger partial charge on any atom is -0.502 e. The van der Waals surface area contributed by atoms with Crippen LogP contribution in [0.3, 0.4) is 0 Å². The summed E-state index contributed by atoms with van der Waals surface area (Å²) in [7, 11) is 0. The molecule has 0 aliphatic heterocycles. The Morgan fingerprint density at radius 2 is 1.77 bits per heavy atom. The minimum atomic E-state index is -0.724. The highest BCUT2D eigenvalue weighted by Crippen LogP contribution is 2.34. The normalized spacial score (nSPS) is 13.4. The van der Waals surface area contributed by atoms with E-state index in [0.717, 1.165) is 17.7 Å². The number of nitro benzene ring substituents is 1. The summed E-state index contributed by atoms with van der Waals surface area (Å²) in [6.07, 6.45) is 0. The van der Waals surface area contributed by atoms with E-state index in [1.165, 1.54) is 6.07 Å². The standard InChI is InChI=1S/C15H11Br2NO4/c16-13(9-4-2-1-3-5-9)14(17)15(20)10-6-7-12(19)11(8-10)18(21)22/h1-8,13-14,19H. The number of benzene rings is 2. The van der Waals surface area contributed by atoms with Crippen molar-refractivity contribution >= 4 is 43.3 Å². The molecule has 0 aromatic heterocycles. The van der Waals surface area contributed by atoms with Gasteiger partial charge in [-0.2, -0.15) is 0 Å². The van der Waals surface area contributed by atoms with Crippen molar-refractivity contribution in [3.63, 3.8) is 0 Å². The van der Waals surface area contributed by atoms with Gasteiger partial charge >= 0.3 is 5.69 Å². The van der Waals surface area contributed by atoms with Crippen molar-refractivity contribution < 1.29 is 14.8 Å². The van der Waals surface area contributed by atoms with E-state index in [1.807, 2.05) is 30.3 Å². The lowest BCUT2D eigenvalue weighted by Crippen LogP contribution is -2.19. The number of hydrogen-bond acceptors (Lipinski definition) is 4. The molecule has 0 aliphatic rings. The number of hydrogen-bond donors (Lipinski definition) is 1. The van der Waals surface area contributed by atoms with Gasteiger partial charge in [0.25, 0.3) is 0 Å². The van der Waals surface area contributed by atoms with Gasteiger partial charge in [0, 0.05) is 11.6 Å². The first-order chi connectivity index (χ1) is 10.4. The summed E-state index contributed by atoms with van der Waals surface area (Å²) in [6.45, 7) is 0. The van der Waals surface area contributed by atoms with Crippen molar-refractivity contribution in [1.82, 2.24) is 0 Å². The number of halogens is 2. The Bertz CT molecular complexity index is 706. The SMILES string of the molecule is O=C(c1ccc(O)c([N+](=O)[O-])c1)C(Br)C(Br)c1ccccc1. The van der Waals surface area contributed by atoms with Crippen molar-refractivity contribution in [2.45, 2.75) is 9.65 Å². The van der Waals surface area contributed by atoms with Crippen LogP contribution in [0.1, 0.15) is 20.7 Å². The second kappa shape index (κ2) is 7.02. The number of nitrogens with zero attached hydrogens (tertiary/aromatic N) is 1. The third-order valence-corrected chi connectivity index (χ3v) is 5.79. The number of nitro groups is 1. The zero-order valence-electron chi connectivity index (χ0n) is 11.1. The van der Waals surface area contributed by atoms with Crippen LogP contribution in [0.2, 0.25) is 0 Å². The number of alkyl halides is 2. The summed E-state index contributed by atoms with van der Waals surface area (Å²) in [4.78, 5) is 21.7. The highest BCUT2D eigenvalue weighted by molar-refractivity contribution is 9.12. The molecule has 1 N–H and O–H groups in total. The van der Waals surface area contributed by atoms with E-state index in [4.69, 9.17) is 0 Å². The average Bonchev–Trinajstić information content (AvgIpc) is 2.53. The predicted octanol–water partition coefficient (Wildman–Crippen LogP) is 4.38. The van der Waals surface area contributed by atoms with Crippen LogP contribution in [0.15, 0.2) is 48.5 Å². The van der Waals surface area contributed by atoms with Crippen LogP contribution < -0.4 is 0 Å². The van der Waals surface area contributed by atoms with Crippen molar-refractivity contribution in [3.05, 3.63) is 69.8 Å². The predicted molar refractivity (Wildman–Crippen MR) is 89.9 cm³/mol. The Balaban J connectivity index is 2.28. The van der Waals surface area contributed by atoms with Gasteiger partial charge in [-0.05, 0) is 17.7 Å². The molecule has 0 amide bonds.